The quantitative estimate of drug-likeness (QED) is 0.549. The van der Waals surface area contributed by atoms with Crippen LogP contribution in [-0.4, -0.2) is 25.0 Å². The van der Waals surface area contributed by atoms with Gasteiger partial charge >= 0.3 is 0 Å². The molecule has 0 bridgehead atoms. The van der Waals surface area contributed by atoms with Crippen LogP contribution in [0, 0.1) is 0 Å². The first kappa shape index (κ1) is 15.2. The Balaban J connectivity index is 1.98. The van der Waals surface area contributed by atoms with Crippen molar-refractivity contribution in [1.29, 1.82) is 0 Å². The Hall–Kier alpha value is -0.820. The Morgan fingerprint density at radius 3 is 2.22 bits per heavy atom. The molecule has 0 amide bonds. The van der Waals surface area contributed by atoms with Crippen molar-refractivity contribution in [1.82, 2.24) is 4.90 Å². The first-order valence-electron chi connectivity index (χ1n) is 7.55. The van der Waals surface area contributed by atoms with Gasteiger partial charge in [-0.2, -0.15) is 0 Å². The zero-order chi connectivity index (χ0) is 13.1. The Bertz CT molecular complexity index is 281. The lowest BCUT2D eigenvalue weighted by atomic mass is 10.1. The van der Waals surface area contributed by atoms with E-state index in [1.165, 1.54) is 63.6 Å². The predicted octanol–water partition coefficient (Wildman–Crippen LogP) is 4.52. The summed E-state index contributed by atoms with van der Waals surface area (Å²) in [6.07, 6.45) is 9.40. The van der Waals surface area contributed by atoms with E-state index in [9.17, 15) is 0 Å². The Morgan fingerprint density at radius 1 is 0.833 bits per heavy atom. The summed E-state index contributed by atoms with van der Waals surface area (Å²) in [7, 11) is 2.25. The summed E-state index contributed by atoms with van der Waals surface area (Å²) in [5.74, 6) is 0. The highest BCUT2D eigenvalue weighted by atomic mass is 15.1. The fourth-order valence-electron chi connectivity index (χ4n) is 2.29. The number of hydrogen-bond donors (Lipinski definition) is 0. The lowest BCUT2D eigenvalue weighted by Crippen LogP contribution is -2.21. The first-order valence-corrected chi connectivity index (χ1v) is 7.55. The molecule has 0 saturated heterocycles. The van der Waals surface area contributed by atoms with Crippen LogP contribution in [0.15, 0.2) is 30.3 Å². The second kappa shape index (κ2) is 10.1. The van der Waals surface area contributed by atoms with Crippen LogP contribution < -0.4 is 0 Å². The van der Waals surface area contributed by atoms with Crippen molar-refractivity contribution >= 4 is 0 Å². The number of benzene rings is 1. The van der Waals surface area contributed by atoms with Gasteiger partial charge < -0.3 is 4.90 Å². The average Bonchev–Trinajstić information content (AvgIpc) is 2.40. The lowest BCUT2D eigenvalue weighted by Gasteiger charge is -2.16. The number of rotatable bonds is 10. The second-order valence-corrected chi connectivity index (χ2v) is 5.31. The van der Waals surface area contributed by atoms with Gasteiger partial charge in [-0.25, -0.2) is 0 Å². The van der Waals surface area contributed by atoms with Crippen LogP contribution in [0.4, 0.5) is 0 Å². The normalized spacial score (nSPS) is 11.1. The minimum atomic E-state index is 1.21. The van der Waals surface area contributed by atoms with E-state index in [1.807, 2.05) is 0 Å². The van der Waals surface area contributed by atoms with Crippen molar-refractivity contribution in [2.45, 2.75) is 51.9 Å². The molecule has 1 aromatic rings. The molecule has 1 heteroatoms. The van der Waals surface area contributed by atoms with E-state index in [4.69, 9.17) is 0 Å². The van der Waals surface area contributed by atoms with E-state index in [-0.39, 0.29) is 0 Å². The van der Waals surface area contributed by atoms with E-state index >= 15 is 0 Å². The maximum absolute atomic E-state index is 2.48. The second-order valence-electron chi connectivity index (χ2n) is 5.31. The van der Waals surface area contributed by atoms with Crippen LogP contribution in [0.1, 0.15) is 51.0 Å². The molecule has 0 saturated carbocycles. The molecule has 0 spiro atoms. The third-order valence-corrected chi connectivity index (χ3v) is 3.49. The van der Waals surface area contributed by atoms with Crippen LogP contribution in [-0.2, 0) is 6.42 Å². The molecule has 0 atom stereocenters. The summed E-state index contributed by atoms with van der Waals surface area (Å²) in [6, 6.07) is 10.8. The molecule has 1 rings (SSSR count). The summed E-state index contributed by atoms with van der Waals surface area (Å²) in [5.41, 5.74) is 1.47. The highest BCUT2D eigenvalue weighted by Gasteiger charge is 1.99. The van der Waals surface area contributed by atoms with E-state index in [1.54, 1.807) is 0 Å². The van der Waals surface area contributed by atoms with Crippen molar-refractivity contribution in [3.63, 3.8) is 0 Å². The highest BCUT2D eigenvalue weighted by molar-refractivity contribution is 5.14. The van der Waals surface area contributed by atoms with Crippen molar-refractivity contribution in [3.8, 4) is 0 Å². The molecule has 1 nitrogen and oxygen atoms in total. The zero-order valence-electron chi connectivity index (χ0n) is 12.2. The largest absolute Gasteiger partial charge is 0.306 e. The highest BCUT2D eigenvalue weighted by Crippen LogP contribution is 2.05. The van der Waals surface area contributed by atoms with Crippen LogP contribution in [0.25, 0.3) is 0 Å². The molecule has 18 heavy (non-hydrogen) atoms. The van der Waals surface area contributed by atoms with Crippen molar-refractivity contribution in [2.75, 3.05) is 20.1 Å². The molecule has 0 heterocycles. The number of unbranched alkanes of at least 4 members (excludes halogenated alkanes) is 4. The molecule has 0 aromatic heterocycles. The molecule has 0 aliphatic carbocycles. The van der Waals surface area contributed by atoms with Crippen LogP contribution in [0.2, 0.25) is 0 Å². The van der Waals surface area contributed by atoms with Crippen molar-refractivity contribution < 1.29 is 0 Å². The van der Waals surface area contributed by atoms with Crippen LogP contribution in [0.5, 0.6) is 0 Å². The van der Waals surface area contributed by atoms with Crippen LogP contribution in [0.3, 0.4) is 0 Å². The maximum atomic E-state index is 2.48. The fraction of sp³-hybridized carbons (Fsp3) is 0.647. The van der Waals surface area contributed by atoms with Crippen molar-refractivity contribution in [2.24, 2.45) is 0 Å². The number of nitrogens with zero attached hydrogens (tertiary/aromatic N) is 1. The van der Waals surface area contributed by atoms with Gasteiger partial charge in [0.2, 0.25) is 0 Å². The molecule has 1 aromatic carbocycles. The molecular formula is C17H29N. The van der Waals surface area contributed by atoms with Gasteiger partial charge in [0.25, 0.3) is 0 Å². The Morgan fingerprint density at radius 2 is 1.50 bits per heavy atom. The molecule has 0 radical (unpaired) electrons. The Labute approximate surface area is 113 Å². The van der Waals surface area contributed by atoms with Crippen molar-refractivity contribution in [3.05, 3.63) is 35.9 Å². The average molecular weight is 247 g/mol. The topological polar surface area (TPSA) is 3.24 Å². The summed E-state index contributed by atoms with van der Waals surface area (Å²) < 4.78 is 0. The number of aryl methyl sites for hydroxylation is 1. The third kappa shape index (κ3) is 7.50. The van der Waals surface area contributed by atoms with Gasteiger partial charge in [-0.05, 0) is 45.0 Å². The van der Waals surface area contributed by atoms with Gasteiger partial charge in [0.15, 0.2) is 0 Å². The molecule has 0 unspecified atom stereocenters. The lowest BCUT2D eigenvalue weighted by molar-refractivity contribution is 0.319. The summed E-state index contributed by atoms with van der Waals surface area (Å²) in [6.45, 7) is 4.76. The smallest absolute Gasteiger partial charge is 0.00186 e. The zero-order valence-corrected chi connectivity index (χ0v) is 12.2. The monoisotopic (exact) mass is 247 g/mol. The molecule has 0 N–H and O–H groups in total. The molecule has 102 valence electrons. The minimum absolute atomic E-state index is 1.21. The summed E-state index contributed by atoms with van der Waals surface area (Å²) in [4.78, 5) is 2.48. The van der Waals surface area contributed by atoms with Gasteiger partial charge in [0.1, 0.15) is 0 Å². The molecular weight excluding hydrogens is 218 g/mol. The van der Waals surface area contributed by atoms with E-state index < -0.39 is 0 Å². The minimum Gasteiger partial charge on any atom is -0.306 e. The van der Waals surface area contributed by atoms with Gasteiger partial charge in [0, 0.05) is 0 Å². The maximum Gasteiger partial charge on any atom is -0.00186 e. The summed E-state index contributed by atoms with van der Waals surface area (Å²) in [5, 5.41) is 0. The fourth-order valence-corrected chi connectivity index (χ4v) is 2.29. The Kier molecular flexibility index (Phi) is 8.58. The predicted molar refractivity (Wildman–Crippen MR) is 81.0 cm³/mol. The molecule has 0 aliphatic heterocycles. The van der Waals surface area contributed by atoms with Gasteiger partial charge in [-0.1, -0.05) is 62.9 Å². The number of hydrogen-bond acceptors (Lipinski definition) is 1. The summed E-state index contributed by atoms with van der Waals surface area (Å²) >= 11 is 0. The van der Waals surface area contributed by atoms with E-state index in [2.05, 4.69) is 49.2 Å². The van der Waals surface area contributed by atoms with Crippen LogP contribution >= 0.6 is 0 Å². The first-order chi connectivity index (χ1) is 8.83. The van der Waals surface area contributed by atoms with Gasteiger partial charge in [0.05, 0.1) is 0 Å². The van der Waals surface area contributed by atoms with E-state index in [0.717, 1.165) is 0 Å². The molecule has 0 fully saturated rings. The third-order valence-electron chi connectivity index (χ3n) is 3.49. The van der Waals surface area contributed by atoms with E-state index in [0.29, 0.717) is 0 Å². The van der Waals surface area contributed by atoms with Gasteiger partial charge in [-0.3, -0.25) is 0 Å². The molecule has 0 aliphatic rings. The van der Waals surface area contributed by atoms with Gasteiger partial charge in [-0.15, -0.1) is 0 Å². The standard InChI is InChI=1S/C17H29N/c1-3-4-5-6-10-15-18(2)16-11-14-17-12-8-7-9-13-17/h7-9,12-13H,3-6,10-11,14-16H2,1-2H3. The SMILES string of the molecule is CCCCCCCN(C)CCCc1ccccc1.